The van der Waals surface area contributed by atoms with Gasteiger partial charge < -0.3 is 4.90 Å². The van der Waals surface area contributed by atoms with Crippen LogP contribution in [0.25, 0.3) is 0 Å². The van der Waals surface area contributed by atoms with E-state index in [1.54, 1.807) is 12.1 Å². The van der Waals surface area contributed by atoms with E-state index in [-0.39, 0.29) is 11.9 Å². The Labute approximate surface area is 136 Å². The van der Waals surface area contributed by atoms with E-state index < -0.39 is 0 Å². The molecule has 1 amide bonds. The van der Waals surface area contributed by atoms with E-state index in [2.05, 4.69) is 19.1 Å². The van der Waals surface area contributed by atoms with Gasteiger partial charge in [0, 0.05) is 23.2 Å². The Morgan fingerprint density at radius 3 is 2.55 bits per heavy atom. The molecule has 1 aliphatic rings. The van der Waals surface area contributed by atoms with Gasteiger partial charge in [-0.1, -0.05) is 48.0 Å². The summed E-state index contributed by atoms with van der Waals surface area (Å²) in [5, 5.41) is 0.601. The summed E-state index contributed by atoms with van der Waals surface area (Å²) in [4.78, 5) is 14.9. The summed E-state index contributed by atoms with van der Waals surface area (Å²) in [6.45, 7) is 2.80. The quantitative estimate of drug-likeness (QED) is 0.778. The average molecular weight is 314 g/mol. The van der Waals surface area contributed by atoms with E-state index in [9.17, 15) is 4.79 Å². The monoisotopic (exact) mass is 313 g/mol. The molecular weight excluding hydrogens is 294 g/mol. The molecule has 1 unspecified atom stereocenters. The first-order valence-corrected chi connectivity index (χ1v) is 8.13. The van der Waals surface area contributed by atoms with E-state index in [0.29, 0.717) is 23.0 Å². The van der Waals surface area contributed by atoms with Crippen LogP contribution in [-0.2, 0) is 6.54 Å². The van der Waals surface area contributed by atoms with Crippen molar-refractivity contribution >= 4 is 17.5 Å². The Balaban J connectivity index is 1.85. The Kier molecular flexibility index (Phi) is 4.49. The summed E-state index contributed by atoms with van der Waals surface area (Å²) in [5.74, 6) is 0.692. The molecule has 0 aliphatic heterocycles. The van der Waals surface area contributed by atoms with Crippen molar-refractivity contribution in [3.05, 3.63) is 70.7 Å². The van der Waals surface area contributed by atoms with Crippen LogP contribution in [0.2, 0.25) is 5.02 Å². The van der Waals surface area contributed by atoms with Crippen LogP contribution in [-0.4, -0.2) is 16.8 Å². The molecule has 0 saturated heterocycles. The van der Waals surface area contributed by atoms with Gasteiger partial charge in [-0.15, -0.1) is 0 Å². The van der Waals surface area contributed by atoms with Gasteiger partial charge in [0.25, 0.3) is 5.91 Å². The number of halogens is 1. The molecule has 114 valence electrons. The van der Waals surface area contributed by atoms with Crippen LogP contribution in [0.5, 0.6) is 0 Å². The smallest absolute Gasteiger partial charge is 0.254 e. The van der Waals surface area contributed by atoms with Crippen LogP contribution < -0.4 is 0 Å². The van der Waals surface area contributed by atoms with E-state index in [1.165, 1.54) is 12.8 Å². The summed E-state index contributed by atoms with van der Waals surface area (Å²) in [6, 6.07) is 17.6. The number of rotatable bonds is 5. The number of nitrogens with zero attached hydrogens (tertiary/aromatic N) is 1. The van der Waals surface area contributed by atoms with Gasteiger partial charge in [-0.3, -0.25) is 4.79 Å². The molecule has 22 heavy (non-hydrogen) atoms. The molecule has 0 N–H and O–H groups in total. The first-order valence-electron chi connectivity index (χ1n) is 7.75. The van der Waals surface area contributed by atoms with Crippen molar-refractivity contribution in [1.29, 1.82) is 0 Å². The summed E-state index contributed by atoms with van der Waals surface area (Å²) in [5.41, 5.74) is 1.82. The lowest BCUT2D eigenvalue weighted by molar-refractivity contribution is 0.0654. The van der Waals surface area contributed by atoms with Gasteiger partial charge in [-0.25, -0.2) is 0 Å². The third-order valence-corrected chi connectivity index (χ3v) is 4.56. The van der Waals surface area contributed by atoms with Gasteiger partial charge in [0.15, 0.2) is 0 Å². The molecular formula is C19H20ClNO. The maximum absolute atomic E-state index is 12.9. The molecule has 1 fully saturated rings. The Morgan fingerprint density at radius 1 is 1.18 bits per heavy atom. The van der Waals surface area contributed by atoms with Crippen molar-refractivity contribution in [3.63, 3.8) is 0 Å². The minimum Gasteiger partial charge on any atom is -0.331 e. The highest BCUT2D eigenvalue weighted by Crippen LogP contribution is 2.36. The Hall–Kier alpha value is -1.80. The fourth-order valence-corrected chi connectivity index (χ4v) is 2.99. The number of amides is 1. The number of benzene rings is 2. The minimum atomic E-state index is 0.0609. The molecule has 2 nitrogen and oxygen atoms in total. The second-order valence-corrected chi connectivity index (χ2v) is 6.44. The zero-order chi connectivity index (χ0) is 15.5. The summed E-state index contributed by atoms with van der Waals surface area (Å²) < 4.78 is 0. The lowest BCUT2D eigenvalue weighted by Crippen LogP contribution is -2.39. The first kappa shape index (κ1) is 15.1. The van der Waals surface area contributed by atoms with Gasteiger partial charge >= 0.3 is 0 Å². The average Bonchev–Trinajstić information content (AvgIpc) is 3.37. The SMILES string of the molecule is CC(C1CC1)N(Cc1ccccc1)C(=O)c1cccc(Cl)c1. The molecule has 1 saturated carbocycles. The maximum Gasteiger partial charge on any atom is 0.254 e. The number of hydrogen-bond acceptors (Lipinski definition) is 1. The van der Waals surface area contributed by atoms with Crippen LogP contribution in [0.15, 0.2) is 54.6 Å². The Morgan fingerprint density at radius 2 is 1.91 bits per heavy atom. The molecule has 1 aliphatic carbocycles. The highest BCUT2D eigenvalue weighted by molar-refractivity contribution is 6.30. The van der Waals surface area contributed by atoms with Crippen LogP contribution >= 0.6 is 11.6 Å². The molecule has 1 atom stereocenters. The van der Waals surface area contributed by atoms with Gasteiger partial charge in [0.1, 0.15) is 0 Å². The fourth-order valence-electron chi connectivity index (χ4n) is 2.80. The largest absolute Gasteiger partial charge is 0.331 e. The highest BCUT2D eigenvalue weighted by Gasteiger charge is 2.34. The van der Waals surface area contributed by atoms with Crippen LogP contribution in [0.3, 0.4) is 0 Å². The molecule has 2 aromatic carbocycles. The van der Waals surface area contributed by atoms with E-state index in [4.69, 9.17) is 11.6 Å². The van der Waals surface area contributed by atoms with E-state index in [1.807, 2.05) is 35.2 Å². The molecule has 0 radical (unpaired) electrons. The summed E-state index contributed by atoms with van der Waals surface area (Å²) in [6.07, 6.45) is 2.44. The minimum absolute atomic E-state index is 0.0609. The lowest BCUT2D eigenvalue weighted by atomic mass is 10.1. The fraction of sp³-hybridized carbons (Fsp3) is 0.316. The standard InChI is InChI=1S/C19H20ClNO/c1-14(16-10-11-16)21(13-15-6-3-2-4-7-15)19(22)17-8-5-9-18(20)12-17/h2-9,12,14,16H,10-11,13H2,1H3. The van der Waals surface area contributed by atoms with Crippen LogP contribution in [0, 0.1) is 5.92 Å². The summed E-state index contributed by atoms with van der Waals surface area (Å²) in [7, 11) is 0. The van der Waals surface area contributed by atoms with Gasteiger partial charge in [-0.05, 0) is 49.4 Å². The van der Waals surface area contributed by atoms with Crippen molar-refractivity contribution in [1.82, 2.24) is 4.90 Å². The molecule has 0 bridgehead atoms. The van der Waals surface area contributed by atoms with Crippen molar-refractivity contribution in [2.75, 3.05) is 0 Å². The molecule has 0 aromatic heterocycles. The third-order valence-electron chi connectivity index (χ3n) is 4.32. The van der Waals surface area contributed by atoms with E-state index in [0.717, 1.165) is 5.56 Å². The molecule has 3 heteroatoms. The van der Waals surface area contributed by atoms with Gasteiger partial charge in [0.05, 0.1) is 0 Å². The topological polar surface area (TPSA) is 20.3 Å². The predicted molar refractivity (Wildman–Crippen MR) is 90.0 cm³/mol. The molecule has 2 aromatic rings. The number of hydrogen-bond donors (Lipinski definition) is 0. The normalized spacial score (nSPS) is 15.4. The second-order valence-electron chi connectivity index (χ2n) is 6.01. The van der Waals surface area contributed by atoms with Crippen molar-refractivity contribution in [2.45, 2.75) is 32.4 Å². The first-order chi connectivity index (χ1) is 10.6. The lowest BCUT2D eigenvalue weighted by Gasteiger charge is -2.30. The Bertz CT molecular complexity index is 651. The van der Waals surface area contributed by atoms with Crippen molar-refractivity contribution < 1.29 is 4.79 Å². The molecule has 0 heterocycles. The number of carbonyl (C=O) groups is 1. The van der Waals surface area contributed by atoms with Crippen LogP contribution in [0.1, 0.15) is 35.7 Å². The zero-order valence-corrected chi connectivity index (χ0v) is 13.5. The third kappa shape index (κ3) is 3.50. The van der Waals surface area contributed by atoms with Gasteiger partial charge in [0.2, 0.25) is 0 Å². The van der Waals surface area contributed by atoms with Gasteiger partial charge in [-0.2, -0.15) is 0 Å². The molecule has 3 rings (SSSR count). The van der Waals surface area contributed by atoms with Crippen molar-refractivity contribution in [2.24, 2.45) is 5.92 Å². The summed E-state index contributed by atoms with van der Waals surface area (Å²) >= 11 is 6.04. The van der Waals surface area contributed by atoms with Crippen molar-refractivity contribution in [3.8, 4) is 0 Å². The van der Waals surface area contributed by atoms with E-state index >= 15 is 0 Å². The molecule has 0 spiro atoms. The maximum atomic E-state index is 12.9. The highest BCUT2D eigenvalue weighted by atomic mass is 35.5. The zero-order valence-electron chi connectivity index (χ0n) is 12.7. The predicted octanol–water partition coefficient (Wildman–Crippen LogP) is 4.78. The van der Waals surface area contributed by atoms with Crippen LogP contribution in [0.4, 0.5) is 0 Å². The second kappa shape index (κ2) is 6.53. The number of carbonyl (C=O) groups excluding carboxylic acids is 1.